The summed E-state index contributed by atoms with van der Waals surface area (Å²) < 4.78 is 6.06. The molecule has 3 rings (SSSR count). The topological polar surface area (TPSA) is 33.3 Å². The van der Waals surface area contributed by atoms with Gasteiger partial charge in [0, 0.05) is 17.7 Å². The summed E-state index contributed by atoms with van der Waals surface area (Å²) in [7, 11) is 0. The fourth-order valence-electron chi connectivity index (χ4n) is 2.98. The Balaban J connectivity index is 1.75. The predicted octanol–water partition coefficient (Wildman–Crippen LogP) is 4.58. The van der Waals surface area contributed by atoms with Crippen molar-refractivity contribution in [2.24, 2.45) is 0 Å². The zero-order valence-electron chi connectivity index (χ0n) is 13.7. The van der Waals surface area contributed by atoms with E-state index in [2.05, 4.69) is 49.6 Å². The highest BCUT2D eigenvalue weighted by molar-refractivity contribution is 7.80. The molecule has 0 spiro atoms. The van der Waals surface area contributed by atoms with Crippen molar-refractivity contribution in [1.29, 1.82) is 0 Å². The number of ether oxygens (including phenoxy) is 1. The van der Waals surface area contributed by atoms with Crippen molar-refractivity contribution >= 4 is 23.0 Å². The molecule has 1 heterocycles. The lowest BCUT2D eigenvalue weighted by atomic mass is 9.90. The molecule has 3 nitrogen and oxygen atoms in total. The molecule has 0 saturated carbocycles. The van der Waals surface area contributed by atoms with Crippen LogP contribution in [0.3, 0.4) is 0 Å². The smallest absolute Gasteiger partial charge is 0.171 e. The van der Waals surface area contributed by atoms with E-state index in [0.29, 0.717) is 5.11 Å². The Morgan fingerprint density at radius 3 is 2.74 bits per heavy atom. The van der Waals surface area contributed by atoms with Crippen LogP contribution in [0.2, 0.25) is 0 Å². The highest BCUT2D eigenvalue weighted by Gasteiger charge is 2.33. The third kappa shape index (κ3) is 3.82. The molecule has 120 valence electrons. The summed E-state index contributed by atoms with van der Waals surface area (Å²) in [6.07, 6.45) is 0.861. The van der Waals surface area contributed by atoms with Crippen LogP contribution < -0.4 is 15.4 Å². The second kappa shape index (κ2) is 6.20. The van der Waals surface area contributed by atoms with Gasteiger partial charge in [-0.25, -0.2) is 0 Å². The van der Waals surface area contributed by atoms with Gasteiger partial charge in [0.1, 0.15) is 11.4 Å². The zero-order valence-corrected chi connectivity index (χ0v) is 14.5. The Labute approximate surface area is 143 Å². The van der Waals surface area contributed by atoms with Crippen LogP contribution in [-0.4, -0.2) is 10.7 Å². The van der Waals surface area contributed by atoms with Gasteiger partial charge >= 0.3 is 0 Å². The molecule has 23 heavy (non-hydrogen) atoms. The van der Waals surface area contributed by atoms with E-state index in [0.717, 1.165) is 23.4 Å². The number of rotatable bonds is 2. The van der Waals surface area contributed by atoms with Crippen molar-refractivity contribution < 1.29 is 4.74 Å². The van der Waals surface area contributed by atoms with Crippen molar-refractivity contribution in [2.75, 3.05) is 5.32 Å². The lowest BCUT2D eigenvalue weighted by molar-refractivity contribution is 0.0697. The molecule has 0 amide bonds. The molecule has 0 aliphatic carbocycles. The van der Waals surface area contributed by atoms with Crippen molar-refractivity contribution in [3.8, 4) is 5.75 Å². The zero-order chi connectivity index (χ0) is 16.4. The second-order valence-electron chi connectivity index (χ2n) is 6.62. The number of thiocarbonyl (C=S) groups is 1. The molecule has 2 N–H and O–H groups in total. The summed E-state index contributed by atoms with van der Waals surface area (Å²) in [6, 6.07) is 16.5. The minimum Gasteiger partial charge on any atom is -0.487 e. The van der Waals surface area contributed by atoms with E-state index >= 15 is 0 Å². The summed E-state index contributed by atoms with van der Waals surface area (Å²) in [6.45, 7) is 6.28. The van der Waals surface area contributed by atoms with E-state index < -0.39 is 0 Å². The average molecular weight is 326 g/mol. The van der Waals surface area contributed by atoms with Crippen LogP contribution in [0, 0.1) is 6.92 Å². The Morgan fingerprint density at radius 1 is 1.17 bits per heavy atom. The van der Waals surface area contributed by atoms with Crippen LogP contribution >= 0.6 is 12.2 Å². The fourth-order valence-corrected chi connectivity index (χ4v) is 3.24. The van der Waals surface area contributed by atoms with E-state index in [1.165, 1.54) is 5.56 Å². The lowest BCUT2D eigenvalue weighted by Gasteiger charge is -2.38. The van der Waals surface area contributed by atoms with Crippen molar-refractivity contribution in [1.82, 2.24) is 5.32 Å². The first kappa shape index (κ1) is 15.8. The van der Waals surface area contributed by atoms with Crippen molar-refractivity contribution in [3.63, 3.8) is 0 Å². The number of para-hydroxylation sites is 1. The molecular weight excluding hydrogens is 304 g/mol. The summed E-state index contributed by atoms with van der Waals surface area (Å²) in [5.74, 6) is 0.930. The highest BCUT2D eigenvalue weighted by atomic mass is 32.1. The Morgan fingerprint density at radius 2 is 1.96 bits per heavy atom. The molecule has 2 aromatic carbocycles. The summed E-state index contributed by atoms with van der Waals surface area (Å²) in [5.41, 5.74) is 3.14. The number of aryl methyl sites for hydroxylation is 1. The molecule has 0 radical (unpaired) electrons. The molecule has 0 unspecified atom stereocenters. The molecule has 0 aromatic heterocycles. The van der Waals surface area contributed by atoms with Crippen molar-refractivity contribution in [2.45, 2.75) is 38.8 Å². The lowest BCUT2D eigenvalue weighted by Crippen LogP contribution is -2.42. The first-order valence-electron chi connectivity index (χ1n) is 7.85. The van der Waals surface area contributed by atoms with Gasteiger partial charge in [-0.1, -0.05) is 30.3 Å². The first-order valence-corrected chi connectivity index (χ1v) is 8.26. The van der Waals surface area contributed by atoms with E-state index in [9.17, 15) is 0 Å². The summed E-state index contributed by atoms with van der Waals surface area (Å²) in [4.78, 5) is 0. The largest absolute Gasteiger partial charge is 0.487 e. The number of nitrogens with one attached hydrogen (secondary N) is 2. The number of anilines is 1. The van der Waals surface area contributed by atoms with Gasteiger partial charge in [-0.3, -0.25) is 0 Å². The number of hydrogen-bond acceptors (Lipinski definition) is 2. The fraction of sp³-hybridized carbons (Fsp3) is 0.316. The van der Waals surface area contributed by atoms with Crippen LogP contribution in [0.4, 0.5) is 5.69 Å². The Hall–Kier alpha value is -2.07. The van der Waals surface area contributed by atoms with Gasteiger partial charge in [0.25, 0.3) is 0 Å². The van der Waals surface area contributed by atoms with Gasteiger partial charge in [0.05, 0.1) is 6.04 Å². The van der Waals surface area contributed by atoms with Gasteiger partial charge in [-0.2, -0.15) is 0 Å². The molecule has 1 aliphatic heterocycles. The SMILES string of the molecule is Cc1cccc(NC(=S)N[C@@H]2CC(C)(C)Oc3ccccc32)c1. The van der Waals surface area contributed by atoms with Crippen molar-refractivity contribution in [3.05, 3.63) is 59.7 Å². The van der Waals surface area contributed by atoms with Crippen LogP contribution in [0.15, 0.2) is 48.5 Å². The van der Waals surface area contributed by atoms with Crippen LogP contribution in [0.5, 0.6) is 5.75 Å². The molecule has 0 saturated heterocycles. The molecular formula is C19H22N2OS. The standard InChI is InChI=1S/C19H22N2OS/c1-13-7-6-8-14(11-13)20-18(23)21-16-12-19(2,3)22-17-10-5-4-9-15(16)17/h4-11,16H,12H2,1-3H3,(H2,20,21,23)/t16-/m1/s1. The van der Waals surface area contributed by atoms with E-state index in [1.807, 2.05) is 30.3 Å². The van der Waals surface area contributed by atoms with Crippen LogP contribution in [0.1, 0.15) is 37.4 Å². The average Bonchev–Trinajstić information content (AvgIpc) is 2.46. The first-order chi connectivity index (χ1) is 10.9. The van der Waals surface area contributed by atoms with E-state index in [-0.39, 0.29) is 11.6 Å². The molecule has 4 heteroatoms. The minimum absolute atomic E-state index is 0.139. The molecule has 1 atom stereocenters. The van der Waals surface area contributed by atoms with E-state index in [4.69, 9.17) is 17.0 Å². The Bertz CT molecular complexity index is 727. The quantitative estimate of drug-likeness (QED) is 0.791. The third-order valence-electron chi connectivity index (χ3n) is 3.96. The maximum absolute atomic E-state index is 6.06. The number of fused-ring (bicyclic) bond motifs is 1. The third-order valence-corrected chi connectivity index (χ3v) is 4.18. The summed E-state index contributed by atoms with van der Waals surface area (Å²) in [5, 5.41) is 7.34. The molecule has 0 fully saturated rings. The van der Waals surface area contributed by atoms with Gasteiger partial charge < -0.3 is 15.4 Å². The second-order valence-corrected chi connectivity index (χ2v) is 7.03. The molecule has 0 bridgehead atoms. The maximum Gasteiger partial charge on any atom is 0.171 e. The van der Waals surface area contributed by atoms with Gasteiger partial charge in [0.15, 0.2) is 5.11 Å². The molecule has 1 aliphatic rings. The Kier molecular flexibility index (Phi) is 4.26. The highest BCUT2D eigenvalue weighted by Crippen LogP contribution is 2.39. The van der Waals surface area contributed by atoms with E-state index in [1.54, 1.807) is 0 Å². The van der Waals surface area contributed by atoms with Crippen LogP contribution in [0.25, 0.3) is 0 Å². The predicted molar refractivity (Wildman–Crippen MR) is 99.0 cm³/mol. The number of hydrogen-bond donors (Lipinski definition) is 2. The monoisotopic (exact) mass is 326 g/mol. The minimum atomic E-state index is -0.217. The van der Waals surface area contributed by atoms with Crippen LogP contribution in [-0.2, 0) is 0 Å². The van der Waals surface area contributed by atoms with Gasteiger partial charge in [0.2, 0.25) is 0 Å². The van der Waals surface area contributed by atoms with Gasteiger partial charge in [-0.05, 0) is 56.8 Å². The maximum atomic E-state index is 6.06. The number of benzene rings is 2. The van der Waals surface area contributed by atoms with Gasteiger partial charge in [-0.15, -0.1) is 0 Å². The normalized spacial score (nSPS) is 18.5. The molecule has 2 aromatic rings. The summed E-state index contributed by atoms with van der Waals surface area (Å²) >= 11 is 5.50.